The van der Waals surface area contributed by atoms with E-state index in [-0.39, 0.29) is 17.9 Å². The number of rotatable bonds is 5. The molecule has 0 aliphatic carbocycles. The van der Waals surface area contributed by atoms with Crippen LogP contribution in [0.3, 0.4) is 0 Å². The maximum Gasteiger partial charge on any atom is 0.232 e. The molecule has 0 saturated carbocycles. The van der Waals surface area contributed by atoms with Crippen LogP contribution in [0.1, 0.15) is 35.0 Å². The Morgan fingerprint density at radius 3 is 2.81 bits per heavy atom. The lowest BCUT2D eigenvalue weighted by Gasteiger charge is -2.31. The fourth-order valence-corrected chi connectivity index (χ4v) is 3.86. The smallest absolute Gasteiger partial charge is 0.232 e. The van der Waals surface area contributed by atoms with E-state index in [0.29, 0.717) is 28.6 Å². The van der Waals surface area contributed by atoms with Gasteiger partial charge in [-0.15, -0.1) is 0 Å². The molecule has 0 saturated heterocycles. The molecule has 0 spiro atoms. The average molecular weight is 386 g/mol. The summed E-state index contributed by atoms with van der Waals surface area (Å²) in [4.78, 5) is 25.7. The molecule has 0 radical (unpaired) electrons. The van der Waals surface area contributed by atoms with Gasteiger partial charge >= 0.3 is 0 Å². The molecule has 27 heavy (non-hydrogen) atoms. The zero-order valence-corrected chi connectivity index (χ0v) is 15.8. The molecule has 2 heterocycles. The van der Waals surface area contributed by atoms with Crippen LogP contribution in [0.2, 0.25) is 0 Å². The molecule has 3 rings (SSSR count). The van der Waals surface area contributed by atoms with Gasteiger partial charge in [-0.2, -0.15) is 0 Å². The summed E-state index contributed by atoms with van der Waals surface area (Å²) in [6, 6.07) is 4.58. The van der Waals surface area contributed by atoms with Gasteiger partial charge in [-0.3, -0.25) is 9.79 Å². The van der Waals surface area contributed by atoms with Crippen molar-refractivity contribution in [3.05, 3.63) is 64.7 Å². The van der Waals surface area contributed by atoms with Crippen LogP contribution < -0.4 is 10.5 Å². The maximum atomic E-state index is 14.5. The third-order valence-corrected chi connectivity index (χ3v) is 4.98. The van der Waals surface area contributed by atoms with Crippen LogP contribution in [-0.4, -0.2) is 28.0 Å². The van der Waals surface area contributed by atoms with E-state index < -0.39 is 11.4 Å². The highest BCUT2D eigenvalue weighted by Crippen LogP contribution is 2.41. The molecule has 140 valence electrons. The molecule has 1 aromatic heterocycles. The summed E-state index contributed by atoms with van der Waals surface area (Å²) in [5, 5.41) is 0.350. The first-order chi connectivity index (χ1) is 12.8. The number of thioether (sulfide) groups is 1. The Morgan fingerprint density at radius 1 is 1.41 bits per heavy atom. The minimum absolute atomic E-state index is 0.0687. The topological polar surface area (TPSA) is 90.5 Å². The number of benzene rings is 1. The minimum Gasteiger partial charge on any atom is -0.480 e. The van der Waals surface area contributed by atoms with Crippen molar-refractivity contribution in [2.75, 3.05) is 7.11 Å². The second-order valence-electron chi connectivity index (χ2n) is 6.40. The number of hydrogen-bond donors (Lipinski definition) is 1. The Morgan fingerprint density at radius 2 is 2.19 bits per heavy atom. The fourth-order valence-electron chi connectivity index (χ4n) is 2.97. The first kappa shape index (κ1) is 19.0. The first-order valence-corrected chi connectivity index (χ1v) is 9.01. The van der Waals surface area contributed by atoms with E-state index in [1.807, 2.05) is 6.92 Å². The number of hydrogen-bond acceptors (Lipinski definition) is 7. The Labute approximate surface area is 160 Å². The molecule has 8 heteroatoms. The van der Waals surface area contributed by atoms with Crippen LogP contribution in [0.15, 0.2) is 47.1 Å². The third-order valence-electron chi connectivity index (χ3n) is 4.25. The number of aliphatic imine (C=N–C) groups is 1. The number of nitrogens with two attached hydrogens (primary N) is 1. The number of Topliss-reactive ketones (excluding diaryl/α,β-unsaturated/α-hetero) is 1. The van der Waals surface area contributed by atoms with Crippen LogP contribution >= 0.6 is 11.8 Å². The summed E-state index contributed by atoms with van der Waals surface area (Å²) in [6.07, 6.45) is 3.28. The second-order valence-corrected chi connectivity index (χ2v) is 7.60. The monoisotopic (exact) mass is 386 g/mol. The van der Waals surface area contributed by atoms with Crippen LogP contribution in [0.25, 0.3) is 0 Å². The molecular formula is C19H19FN4O2S. The normalized spacial score (nSPS) is 19.5. The fraction of sp³-hybridized carbons (Fsp3) is 0.263. The molecular weight excluding hydrogens is 367 g/mol. The van der Waals surface area contributed by atoms with Crippen molar-refractivity contribution in [2.45, 2.75) is 25.3 Å². The molecule has 0 fully saturated rings. The summed E-state index contributed by atoms with van der Waals surface area (Å²) >= 11 is 1.29. The van der Waals surface area contributed by atoms with E-state index in [1.54, 1.807) is 12.1 Å². The van der Waals surface area contributed by atoms with E-state index in [9.17, 15) is 9.18 Å². The lowest BCUT2D eigenvalue weighted by Crippen LogP contribution is -2.29. The SMILES string of the molecule is C=C1C[C@@](C)(c2cc(CC(=O)c3cnc(OC)cn3)ccc2F)N=C(N)S1. The number of carbonyl (C=O) groups is 1. The molecule has 2 N–H and O–H groups in total. The minimum atomic E-state index is -0.852. The molecule has 6 nitrogen and oxygen atoms in total. The van der Waals surface area contributed by atoms with Gasteiger partial charge in [-0.1, -0.05) is 24.4 Å². The van der Waals surface area contributed by atoms with Gasteiger partial charge < -0.3 is 10.5 Å². The number of halogens is 1. The van der Waals surface area contributed by atoms with E-state index in [1.165, 1.54) is 37.3 Å². The van der Waals surface area contributed by atoms with Crippen LogP contribution in [0.5, 0.6) is 5.88 Å². The molecule has 0 bridgehead atoms. The predicted octanol–water partition coefficient (Wildman–Crippen LogP) is 3.23. The first-order valence-electron chi connectivity index (χ1n) is 8.20. The van der Waals surface area contributed by atoms with E-state index in [2.05, 4.69) is 21.5 Å². The molecule has 1 aromatic carbocycles. The number of ketones is 1. The predicted molar refractivity (Wildman–Crippen MR) is 103 cm³/mol. The van der Waals surface area contributed by atoms with Crippen molar-refractivity contribution in [3.63, 3.8) is 0 Å². The highest BCUT2D eigenvalue weighted by atomic mass is 32.2. The quantitative estimate of drug-likeness (QED) is 0.794. The molecule has 1 atom stereocenters. The van der Waals surface area contributed by atoms with E-state index >= 15 is 0 Å². The van der Waals surface area contributed by atoms with Gasteiger partial charge in [0, 0.05) is 18.4 Å². The van der Waals surface area contributed by atoms with Crippen molar-refractivity contribution in [1.29, 1.82) is 0 Å². The summed E-state index contributed by atoms with van der Waals surface area (Å²) in [5.74, 6) is -0.289. The summed E-state index contributed by atoms with van der Waals surface area (Å²) in [5.41, 5.74) is 6.27. The zero-order chi connectivity index (χ0) is 19.6. The van der Waals surface area contributed by atoms with Gasteiger partial charge in [0.05, 0.1) is 25.0 Å². The van der Waals surface area contributed by atoms with Gasteiger partial charge in [0.1, 0.15) is 11.5 Å². The van der Waals surface area contributed by atoms with Crippen LogP contribution in [-0.2, 0) is 12.0 Å². The van der Waals surface area contributed by atoms with Gasteiger partial charge in [-0.25, -0.2) is 14.4 Å². The average Bonchev–Trinajstić information content (AvgIpc) is 2.62. The number of carbonyl (C=O) groups excluding carboxylic acids is 1. The summed E-state index contributed by atoms with van der Waals surface area (Å²) in [7, 11) is 1.47. The van der Waals surface area contributed by atoms with Crippen molar-refractivity contribution in [2.24, 2.45) is 10.7 Å². The lowest BCUT2D eigenvalue weighted by atomic mass is 9.87. The lowest BCUT2D eigenvalue weighted by molar-refractivity contribution is 0.0987. The molecule has 2 aromatic rings. The van der Waals surface area contributed by atoms with Gasteiger partial charge in [-0.05, 0) is 29.5 Å². The zero-order valence-electron chi connectivity index (χ0n) is 15.0. The van der Waals surface area contributed by atoms with Crippen molar-refractivity contribution in [1.82, 2.24) is 9.97 Å². The number of ether oxygens (including phenoxy) is 1. The number of amidine groups is 1. The number of methoxy groups -OCH3 is 1. The van der Waals surface area contributed by atoms with Gasteiger partial charge in [0.15, 0.2) is 11.0 Å². The van der Waals surface area contributed by atoms with Crippen molar-refractivity contribution in [3.8, 4) is 5.88 Å². The van der Waals surface area contributed by atoms with Crippen LogP contribution in [0, 0.1) is 5.82 Å². The van der Waals surface area contributed by atoms with Gasteiger partial charge in [0.25, 0.3) is 0 Å². The Kier molecular flexibility index (Phi) is 5.27. The Balaban J connectivity index is 1.88. The Hall–Kier alpha value is -2.74. The number of aromatic nitrogens is 2. The Bertz CT molecular complexity index is 930. The van der Waals surface area contributed by atoms with Gasteiger partial charge in [0.2, 0.25) is 5.88 Å². The standard InChI is InChI=1S/C19H19FN4O2S/c1-11-8-19(2,24-18(21)27-11)13-6-12(4-5-14(13)20)7-16(25)15-9-23-17(26-3)10-22-15/h4-6,9-10H,1,7-8H2,2-3H3,(H2,21,24)/t19-/m0/s1. The number of nitrogens with zero attached hydrogens (tertiary/aromatic N) is 3. The molecule has 0 amide bonds. The highest BCUT2D eigenvalue weighted by molar-refractivity contribution is 8.17. The van der Waals surface area contributed by atoms with E-state index in [0.717, 1.165) is 4.91 Å². The molecule has 1 aliphatic rings. The third kappa shape index (κ3) is 4.16. The summed E-state index contributed by atoms with van der Waals surface area (Å²) < 4.78 is 19.5. The van der Waals surface area contributed by atoms with E-state index in [4.69, 9.17) is 10.5 Å². The molecule has 1 aliphatic heterocycles. The maximum absolute atomic E-state index is 14.5. The highest BCUT2D eigenvalue weighted by Gasteiger charge is 2.34. The molecule has 0 unspecified atom stereocenters. The van der Waals surface area contributed by atoms with Crippen molar-refractivity contribution < 1.29 is 13.9 Å². The summed E-state index contributed by atoms with van der Waals surface area (Å²) in [6.45, 7) is 5.75. The van der Waals surface area contributed by atoms with Crippen molar-refractivity contribution >= 4 is 22.7 Å². The second kappa shape index (κ2) is 7.48. The largest absolute Gasteiger partial charge is 0.480 e. The van der Waals surface area contributed by atoms with Crippen LogP contribution in [0.4, 0.5) is 4.39 Å².